The molecule has 0 bridgehead atoms. The molecule has 0 aliphatic heterocycles. The van der Waals surface area contributed by atoms with Crippen LogP contribution in [0, 0.1) is 22.7 Å². The van der Waals surface area contributed by atoms with E-state index in [1.807, 2.05) is 40.4 Å². The summed E-state index contributed by atoms with van der Waals surface area (Å²) in [5, 5.41) is 17.7. The molecule has 0 fully saturated rings. The topological polar surface area (TPSA) is 52.6 Å². The number of nitriles is 1. The number of nitrogens with zero attached hydrogens (tertiary/aromatic N) is 2. The van der Waals surface area contributed by atoms with Crippen LogP contribution in [0.2, 0.25) is 0 Å². The second kappa shape index (κ2) is 7.46. The lowest BCUT2D eigenvalue weighted by Gasteiger charge is -2.03. The molecule has 0 atom stereocenters. The summed E-state index contributed by atoms with van der Waals surface area (Å²) in [6, 6.07) is 11.2. The van der Waals surface area contributed by atoms with Crippen LogP contribution in [0.5, 0.6) is 0 Å². The van der Waals surface area contributed by atoms with Crippen molar-refractivity contribution in [1.29, 1.82) is 10.7 Å². The second-order valence-corrected chi connectivity index (χ2v) is 5.13. The lowest BCUT2D eigenvalue weighted by atomic mass is 10.2. The largest absolute Gasteiger partial charge is 0.324 e. The van der Waals surface area contributed by atoms with Crippen molar-refractivity contribution in [3.05, 3.63) is 52.3 Å². The van der Waals surface area contributed by atoms with Gasteiger partial charge in [0.2, 0.25) is 0 Å². The van der Waals surface area contributed by atoms with Gasteiger partial charge in [-0.25, -0.2) is 0 Å². The van der Waals surface area contributed by atoms with Gasteiger partial charge in [-0.05, 0) is 18.1 Å². The Morgan fingerprint density at radius 3 is 2.39 bits per heavy atom. The Kier molecular flexibility index (Phi) is 5.89. The van der Waals surface area contributed by atoms with E-state index in [1.54, 1.807) is 12.1 Å². The maximum Gasteiger partial charge on any atom is 0.181 e. The van der Waals surface area contributed by atoms with Gasteiger partial charge < -0.3 is 4.57 Å². The molecule has 0 radical (unpaired) electrons. The predicted molar refractivity (Wildman–Crippen MR) is 74.2 cm³/mol. The normalized spacial score (nSPS) is 9.44. The highest BCUT2D eigenvalue weighted by molar-refractivity contribution is 7.06. The lowest BCUT2D eigenvalue weighted by molar-refractivity contribution is 0.512. The van der Waals surface area contributed by atoms with E-state index in [9.17, 15) is 0 Å². The molecule has 2 rings (SSSR count). The number of nitrogens with one attached hydrogen (secondary N) is 1. The van der Waals surface area contributed by atoms with Gasteiger partial charge in [0.1, 0.15) is 0 Å². The summed E-state index contributed by atoms with van der Waals surface area (Å²) < 4.78 is 1.97. The van der Waals surface area contributed by atoms with Crippen molar-refractivity contribution in [3.8, 4) is 6.07 Å². The molecule has 0 unspecified atom stereocenters. The molecule has 18 heavy (non-hydrogen) atoms. The third kappa shape index (κ3) is 4.98. The second-order valence-electron chi connectivity index (χ2n) is 4.23. The molecule has 1 N–H and O–H groups in total. The maximum absolute atomic E-state index is 8.29. The lowest BCUT2D eigenvalue weighted by Crippen LogP contribution is -2.15. The van der Waals surface area contributed by atoms with Gasteiger partial charge >= 0.3 is 0 Å². The van der Waals surface area contributed by atoms with E-state index >= 15 is 0 Å². The third-order valence-corrected chi connectivity index (χ3v) is 2.86. The number of aromatic nitrogens is 1. The predicted octanol–water partition coefficient (Wildman–Crippen LogP) is 3.24. The molecule has 0 aliphatic rings. The summed E-state index contributed by atoms with van der Waals surface area (Å²) >= 11 is 1.48. The van der Waals surface area contributed by atoms with E-state index in [2.05, 4.69) is 13.8 Å². The van der Waals surface area contributed by atoms with Crippen molar-refractivity contribution in [2.45, 2.75) is 20.4 Å². The van der Waals surface area contributed by atoms with Crippen LogP contribution in [0.15, 0.2) is 41.9 Å². The first-order valence-corrected chi connectivity index (χ1v) is 6.65. The van der Waals surface area contributed by atoms with Crippen molar-refractivity contribution in [3.63, 3.8) is 0 Å². The van der Waals surface area contributed by atoms with E-state index in [0.29, 0.717) is 16.3 Å². The van der Waals surface area contributed by atoms with Gasteiger partial charge in [0.15, 0.2) is 4.80 Å². The summed E-state index contributed by atoms with van der Waals surface area (Å²) in [5.74, 6) is 0.628. The minimum absolute atomic E-state index is 0.628. The van der Waals surface area contributed by atoms with Gasteiger partial charge in [-0.1, -0.05) is 32.0 Å². The fourth-order valence-corrected chi connectivity index (χ4v) is 1.96. The van der Waals surface area contributed by atoms with E-state index < -0.39 is 0 Å². The Labute approximate surface area is 111 Å². The summed E-state index contributed by atoms with van der Waals surface area (Å²) in [5.41, 5.74) is 0.715. The Morgan fingerprint density at radius 2 is 2.00 bits per heavy atom. The van der Waals surface area contributed by atoms with Crippen LogP contribution in [0.3, 0.4) is 0 Å². The monoisotopic (exact) mass is 259 g/mol. The van der Waals surface area contributed by atoms with Gasteiger partial charge in [-0.3, -0.25) is 5.41 Å². The number of benzene rings is 1. The highest BCUT2D eigenvalue weighted by Crippen LogP contribution is 1.97. The van der Waals surface area contributed by atoms with Crippen molar-refractivity contribution in [2.75, 3.05) is 0 Å². The molecule has 0 aliphatic carbocycles. The SMILES string of the molecule is CC(C)Cn1ccsc1=N.N#Cc1ccccc1. The number of rotatable bonds is 2. The van der Waals surface area contributed by atoms with Crippen LogP contribution in [-0.2, 0) is 6.54 Å². The molecular formula is C14H17N3S. The fraction of sp³-hybridized carbons (Fsp3) is 0.286. The molecule has 0 saturated carbocycles. The molecule has 0 amide bonds. The third-order valence-electron chi connectivity index (χ3n) is 2.15. The van der Waals surface area contributed by atoms with Gasteiger partial charge in [-0.2, -0.15) is 5.26 Å². The van der Waals surface area contributed by atoms with E-state index in [-0.39, 0.29) is 0 Å². The summed E-state index contributed by atoms with van der Waals surface area (Å²) in [6.07, 6.45) is 1.97. The molecule has 1 heterocycles. The zero-order valence-electron chi connectivity index (χ0n) is 10.6. The molecule has 4 heteroatoms. The first kappa shape index (κ1) is 14.2. The first-order chi connectivity index (χ1) is 8.63. The smallest absolute Gasteiger partial charge is 0.181 e. The average Bonchev–Trinajstić information content (AvgIpc) is 2.76. The summed E-state index contributed by atoms with van der Waals surface area (Å²) in [7, 11) is 0. The van der Waals surface area contributed by atoms with Gasteiger partial charge in [-0.15, -0.1) is 11.3 Å². The Balaban J connectivity index is 0.000000184. The standard InChI is InChI=1S/C7H12N2S.C7H5N/c1-6(2)5-9-3-4-10-7(9)8;8-6-7-4-2-1-3-5-7/h3-4,6,8H,5H2,1-2H3;1-5H. The first-order valence-electron chi connectivity index (χ1n) is 5.77. The van der Waals surface area contributed by atoms with Crippen LogP contribution >= 0.6 is 11.3 Å². The highest BCUT2D eigenvalue weighted by atomic mass is 32.1. The molecule has 3 nitrogen and oxygen atoms in total. The molecule has 2 aromatic rings. The van der Waals surface area contributed by atoms with Crippen molar-refractivity contribution >= 4 is 11.3 Å². The van der Waals surface area contributed by atoms with Crippen molar-refractivity contribution in [1.82, 2.24) is 4.57 Å². The van der Waals surface area contributed by atoms with E-state index in [4.69, 9.17) is 10.7 Å². The molecule has 0 spiro atoms. The zero-order valence-corrected chi connectivity index (χ0v) is 11.4. The zero-order chi connectivity index (χ0) is 13.4. The van der Waals surface area contributed by atoms with Crippen LogP contribution in [-0.4, -0.2) is 4.57 Å². The minimum Gasteiger partial charge on any atom is -0.324 e. The molecule has 1 aromatic heterocycles. The van der Waals surface area contributed by atoms with Crippen LogP contribution in [0.25, 0.3) is 0 Å². The quantitative estimate of drug-likeness (QED) is 0.884. The fourth-order valence-electron chi connectivity index (χ4n) is 1.35. The summed E-state index contributed by atoms with van der Waals surface area (Å²) in [4.78, 5) is 0.647. The van der Waals surface area contributed by atoms with E-state index in [0.717, 1.165) is 6.54 Å². The number of thiazole rings is 1. The highest BCUT2D eigenvalue weighted by Gasteiger charge is 1.95. The Morgan fingerprint density at radius 1 is 1.33 bits per heavy atom. The Hall–Kier alpha value is -1.86. The van der Waals surface area contributed by atoms with E-state index in [1.165, 1.54) is 11.3 Å². The van der Waals surface area contributed by atoms with Gasteiger partial charge in [0.25, 0.3) is 0 Å². The minimum atomic E-state index is 0.628. The van der Waals surface area contributed by atoms with Crippen molar-refractivity contribution < 1.29 is 0 Å². The average molecular weight is 259 g/mol. The van der Waals surface area contributed by atoms with Crippen LogP contribution < -0.4 is 4.80 Å². The molecule has 0 saturated heterocycles. The van der Waals surface area contributed by atoms with Crippen molar-refractivity contribution in [2.24, 2.45) is 5.92 Å². The summed E-state index contributed by atoms with van der Waals surface area (Å²) in [6.45, 7) is 5.27. The molecule has 1 aromatic carbocycles. The molecule has 94 valence electrons. The van der Waals surface area contributed by atoms with Gasteiger partial charge in [0, 0.05) is 18.1 Å². The maximum atomic E-state index is 8.29. The van der Waals surface area contributed by atoms with Crippen LogP contribution in [0.1, 0.15) is 19.4 Å². The van der Waals surface area contributed by atoms with Gasteiger partial charge in [0.05, 0.1) is 11.6 Å². The Bertz CT molecular complexity index is 546. The number of hydrogen-bond donors (Lipinski definition) is 1. The number of hydrogen-bond acceptors (Lipinski definition) is 3. The van der Waals surface area contributed by atoms with Crippen LogP contribution in [0.4, 0.5) is 0 Å². The molecular weight excluding hydrogens is 242 g/mol.